The summed E-state index contributed by atoms with van der Waals surface area (Å²) >= 11 is 0. The van der Waals surface area contributed by atoms with Crippen LogP contribution in [0.3, 0.4) is 0 Å². The number of rotatable bonds is 2. The topological polar surface area (TPSA) is 17.3 Å². The van der Waals surface area contributed by atoms with Crippen molar-refractivity contribution in [3.63, 3.8) is 0 Å². The Labute approximate surface area is 101 Å². The summed E-state index contributed by atoms with van der Waals surface area (Å²) in [4.78, 5) is 4.48. The molecular weight excluding hydrogens is 208 g/mol. The fourth-order valence-corrected chi connectivity index (χ4v) is 2.02. The fourth-order valence-electron chi connectivity index (χ4n) is 2.02. The van der Waals surface area contributed by atoms with Gasteiger partial charge in [-0.1, -0.05) is 35.9 Å². The van der Waals surface area contributed by atoms with Crippen molar-refractivity contribution in [3.05, 3.63) is 71.8 Å². The molecule has 1 aromatic carbocycles. The molecule has 0 aliphatic heterocycles. The highest BCUT2D eigenvalue weighted by molar-refractivity contribution is 5.46. The van der Waals surface area contributed by atoms with E-state index in [-0.39, 0.29) is 0 Å². The van der Waals surface area contributed by atoms with Crippen LogP contribution in [0.25, 0.3) is 5.52 Å². The third-order valence-corrected chi connectivity index (χ3v) is 3.00. The molecule has 2 heterocycles. The molecule has 2 aromatic heterocycles. The lowest BCUT2D eigenvalue weighted by molar-refractivity contribution is 0.961. The van der Waals surface area contributed by atoms with E-state index in [2.05, 4.69) is 52.8 Å². The van der Waals surface area contributed by atoms with Crippen LogP contribution in [0.4, 0.5) is 0 Å². The number of pyridine rings is 1. The number of imidazole rings is 1. The smallest absolute Gasteiger partial charge is 0.117 e. The van der Waals surface area contributed by atoms with Crippen LogP contribution in [-0.2, 0) is 6.42 Å². The van der Waals surface area contributed by atoms with Crippen LogP contribution in [0.1, 0.15) is 17.0 Å². The first-order valence-electron chi connectivity index (χ1n) is 5.79. The van der Waals surface area contributed by atoms with Crippen molar-refractivity contribution in [2.24, 2.45) is 0 Å². The van der Waals surface area contributed by atoms with E-state index in [4.69, 9.17) is 0 Å². The van der Waals surface area contributed by atoms with Gasteiger partial charge in [-0.3, -0.25) is 0 Å². The molecular formula is C15H14N2. The van der Waals surface area contributed by atoms with Crippen molar-refractivity contribution in [3.8, 4) is 0 Å². The van der Waals surface area contributed by atoms with E-state index in [0.29, 0.717) is 0 Å². The van der Waals surface area contributed by atoms with Crippen LogP contribution < -0.4 is 0 Å². The Kier molecular flexibility index (Phi) is 2.41. The quantitative estimate of drug-likeness (QED) is 0.650. The van der Waals surface area contributed by atoms with E-state index in [1.54, 1.807) is 0 Å². The zero-order valence-electron chi connectivity index (χ0n) is 9.80. The van der Waals surface area contributed by atoms with Crippen LogP contribution in [0.15, 0.2) is 54.9 Å². The summed E-state index contributed by atoms with van der Waals surface area (Å²) in [5.74, 6) is 1.09. The van der Waals surface area contributed by atoms with Crippen LogP contribution in [-0.4, -0.2) is 9.38 Å². The Bertz CT molecular complexity index is 635. The maximum Gasteiger partial charge on any atom is 0.117 e. The summed E-state index contributed by atoms with van der Waals surface area (Å²) in [6.07, 6.45) is 4.85. The highest BCUT2D eigenvalue weighted by atomic mass is 15.0. The molecule has 0 spiro atoms. The molecule has 0 aliphatic carbocycles. The summed E-state index contributed by atoms with van der Waals surface area (Å²) < 4.78 is 2.14. The molecule has 0 unspecified atom stereocenters. The molecule has 0 radical (unpaired) electrons. The maximum atomic E-state index is 4.48. The third kappa shape index (κ3) is 1.94. The van der Waals surface area contributed by atoms with Crippen molar-refractivity contribution in [1.29, 1.82) is 0 Å². The van der Waals surface area contributed by atoms with Crippen LogP contribution in [0.5, 0.6) is 0 Å². The second-order valence-electron chi connectivity index (χ2n) is 4.33. The van der Waals surface area contributed by atoms with E-state index in [0.717, 1.165) is 17.8 Å². The van der Waals surface area contributed by atoms with Gasteiger partial charge in [0.05, 0.1) is 11.7 Å². The normalized spacial score (nSPS) is 10.9. The molecule has 3 rings (SSSR count). The number of nitrogens with zero attached hydrogens (tertiary/aromatic N) is 2. The molecule has 0 amide bonds. The van der Waals surface area contributed by atoms with Gasteiger partial charge in [-0.05, 0) is 24.6 Å². The lowest BCUT2D eigenvalue weighted by atomic mass is 10.1. The molecule has 0 N–H and O–H groups in total. The molecule has 0 fully saturated rings. The Balaban J connectivity index is 1.97. The lowest BCUT2D eigenvalue weighted by Gasteiger charge is -2.02. The Morgan fingerprint density at radius 2 is 1.88 bits per heavy atom. The molecule has 0 atom stereocenters. The van der Waals surface area contributed by atoms with Crippen LogP contribution >= 0.6 is 0 Å². The van der Waals surface area contributed by atoms with E-state index >= 15 is 0 Å². The van der Waals surface area contributed by atoms with Crippen LogP contribution in [0.2, 0.25) is 0 Å². The number of aryl methyl sites for hydroxylation is 1. The summed E-state index contributed by atoms with van der Waals surface area (Å²) in [6, 6.07) is 14.8. The fraction of sp³-hybridized carbons (Fsp3) is 0.133. The van der Waals surface area contributed by atoms with Crippen molar-refractivity contribution >= 4 is 5.52 Å². The largest absolute Gasteiger partial charge is 0.303 e. The standard InChI is InChI=1S/C15H14N2/c1-12-5-7-13(8-6-12)10-15-16-11-14-4-2-3-9-17(14)15/h2-9,11H,10H2,1H3. The SMILES string of the molecule is Cc1ccc(Cc2ncc3ccccn23)cc1. The monoisotopic (exact) mass is 222 g/mol. The van der Waals surface area contributed by atoms with Gasteiger partial charge in [-0.2, -0.15) is 0 Å². The third-order valence-electron chi connectivity index (χ3n) is 3.00. The minimum atomic E-state index is 0.873. The van der Waals surface area contributed by atoms with Crippen molar-refractivity contribution in [2.75, 3.05) is 0 Å². The van der Waals surface area contributed by atoms with E-state index in [1.165, 1.54) is 11.1 Å². The number of hydrogen-bond acceptors (Lipinski definition) is 1. The second-order valence-corrected chi connectivity index (χ2v) is 4.33. The van der Waals surface area contributed by atoms with Crippen molar-refractivity contribution in [2.45, 2.75) is 13.3 Å². The zero-order valence-corrected chi connectivity index (χ0v) is 9.80. The zero-order chi connectivity index (χ0) is 11.7. The van der Waals surface area contributed by atoms with E-state index in [9.17, 15) is 0 Å². The van der Waals surface area contributed by atoms with Gasteiger partial charge in [0.2, 0.25) is 0 Å². The number of hydrogen-bond donors (Lipinski definition) is 0. The van der Waals surface area contributed by atoms with Crippen molar-refractivity contribution < 1.29 is 0 Å². The lowest BCUT2D eigenvalue weighted by Crippen LogP contribution is -1.95. The van der Waals surface area contributed by atoms with Gasteiger partial charge in [0.25, 0.3) is 0 Å². The molecule has 0 saturated heterocycles. The minimum absolute atomic E-state index is 0.873. The molecule has 2 heteroatoms. The molecule has 0 bridgehead atoms. The molecule has 3 aromatic rings. The summed E-state index contributed by atoms with van der Waals surface area (Å²) in [5.41, 5.74) is 3.74. The molecule has 2 nitrogen and oxygen atoms in total. The maximum absolute atomic E-state index is 4.48. The predicted molar refractivity (Wildman–Crippen MR) is 69.2 cm³/mol. The highest BCUT2D eigenvalue weighted by Gasteiger charge is 2.03. The number of fused-ring (bicyclic) bond motifs is 1. The van der Waals surface area contributed by atoms with Gasteiger partial charge in [-0.15, -0.1) is 0 Å². The Morgan fingerprint density at radius 1 is 1.06 bits per heavy atom. The summed E-state index contributed by atoms with van der Waals surface area (Å²) in [5, 5.41) is 0. The Morgan fingerprint density at radius 3 is 2.71 bits per heavy atom. The number of benzene rings is 1. The summed E-state index contributed by atoms with van der Waals surface area (Å²) in [6.45, 7) is 2.11. The van der Waals surface area contributed by atoms with Gasteiger partial charge in [0.1, 0.15) is 5.82 Å². The highest BCUT2D eigenvalue weighted by Crippen LogP contribution is 2.12. The van der Waals surface area contributed by atoms with E-state index in [1.807, 2.05) is 18.3 Å². The minimum Gasteiger partial charge on any atom is -0.303 e. The molecule has 17 heavy (non-hydrogen) atoms. The van der Waals surface area contributed by atoms with Gasteiger partial charge < -0.3 is 4.40 Å². The van der Waals surface area contributed by atoms with Gasteiger partial charge >= 0.3 is 0 Å². The average Bonchev–Trinajstić information content (AvgIpc) is 2.76. The first-order chi connectivity index (χ1) is 8.33. The Hall–Kier alpha value is -2.09. The molecule has 0 aliphatic rings. The number of aromatic nitrogens is 2. The van der Waals surface area contributed by atoms with Crippen molar-refractivity contribution in [1.82, 2.24) is 9.38 Å². The summed E-state index contributed by atoms with van der Waals surface area (Å²) in [7, 11) is 0. The second kappa shape index (κ2) is 4.06. The predicted octanol–water partition coefficient (Wildman–Crippen LogP) is 3.23. The molecule has 84 valence electrons. The van der Waals surface area contributed by atoms with E-state index < -0.39 is 0 Å². The van der Waals surface area contributed by atoms with Crippen LogP contribution in [0, 0.1) is 6.92 Å². The molecule has 0 saturated carbocycles. The van der Waals surface area contributed by atoms with Gasteiger partial charge in [0, 0.05) is 12.6 Å². The average molecular weight is 222 g/mol. The van der Waals surface area contributed by atoms with Gasteiger partial charge in [0.15, 0.2) is 0 Å². The first-order valence-corrected chi connectivity index (χ1v) is 5.79. The van der Waals surface area contributed by atoms with Gasteiger partial charge in [-0.25, -0.2) is 4.98 Å². The first kappa shape index (κ1) is 10.1.